The fourth-order valence-corrected chi connectivity index (χ4v) is 4.28. The van der Waals surface area contributed by atoms with Crippen molar-refractivity contribution in [3.63, 3.8) is 0 Å². The molecule has 6 nitrogen and oxygen atoms in total. The molecule has 4 aromatic rings. The maximum atomic E-state index is 12.5. The second-order valence-corrected chi connectivity index (χ2v) is 8.52. The minimum Gasteiger partial charge on any atom is -0.492 e. The topological polar surface area (TPSA) is 83.2 Å². The molecule has 0 spiro atoms. The second-order valence-electron chi connectivity index (χ2n) is 6.84. The van der Waals surface area contributed by atoms with Gasteiger partial charge in [0.2, 0.25) is 0 Å². The molecule has 3 N–H and O–H groups in total. The number of nitrogens with one attached hydrogen (secondary N) is 3. The molecule has 1 heterocycles. The molecule has 3 aromatic carbocycles. The number of hydrogen-bond donors (Lipinski definition) is 3. The van der Waals surface area contributed by atoms with Crippen LogP contribution in [0, 0.1) is 0 Å². The summed E-state index contributed by atoms with van der Waals surface area (Å²) in [5.41, 5.74) is 2.57. The first kappa shape index (κ1) is 20.0. The van der Waals surface area contributed by atoms with Crippen LogP contribution in [0.4, 0.5) is 5.69 Å². The average Bonchev–Trinajstić information content (AvgIpc) is 3.24. The van der Waals surface area contributed by atoms with Gasteiger partial charge in [-0.15, -0.1) is 0 Å². The van der Waals surface area contributed by atoms with Crippen LogP contribution in [0.3, 0.4) is 0 Å². The van der Waals surface area contributed by atoms with E-state index in [0.29, 0.717) is 25.4 Å². The Morgan fingerprint density at radius 3 is 2.60 bits per heavy atom. The Morgan fingerprint density at radius 1 is 0.900 bits per heavy atom. The molecule has 7 heteroatoms. The lowest BCUT2D eigenvalue weighted by molar-refractivity contribution is 0.317. The Bertz CT molecular complexity index is 1220. The molecule has 1 aromatic heterocycles. The van der Waals surface area contributed by atoms with E-state index in [1.165, 1.54) is 0 Å². The van der Waals surface area contributed by atoms with Gasteiger partial charge in [-0.25, -0.2) is 8.42 Å². The highest BCUT2D eigenvalue weighted by atomic mass is 32.2. The number of hydrogen-bond acceptors (Lipinski definition) is 4. The van der Waals surface area contributed by atoms with Gasteiger partial charge in [-0.05, 0) is 48.0 Å². The van der Waals surface area contributed by atoms with Gasteiger partial charge in [-0.2, -0.15) is 0 Å². The van der Waals surface area contributed by atoms with Crippen LogP contribution in [0.5, 0.6) is 5.75 Å². The maximum Gasteiger partial charge on any atom is 0.261 e. The van der Waals surface area contributed by atoms with E-state index in [4.69, 9.17) is 4.74 Å². The summed E-state index contributed by atoms with van der Waals surface area (Å²) in [6.45, 7) is 1.81. The van der Waals surface area contributed by atoms with Crippen LogP contribution in [-0.2, 0) is 16.6 Å². The first-order valence-corrected chi connectivity index (χ1v) is 11.2. The molecule has 0 radical (unpaired) electrons. The van der Waals surface area contributed by atoms with Crippen molar-refractivity contribution in [2.24, 2.45) is 0 Å². The number of H-pyrrole nitrogens is 1. The highest BCUT2D eigenvalue weighted by molar-refractivity contribution is 7.92. The van der Waals surface area contributed by atoms with Gasteiger partial charge in [0.1, 0.15) is 12.4 Å². The largest absolute Gasteiger partial charge is 0.492 e. The molecule has 0 saturated carbocycles. The van der Waals surface area contributed by atoms with Crippen molar-refractivity contribution in [3.05, 3.63) is 90.6 Å². The summed E-state index contributed by atoms with van der Waals surface area (Å²) in [7, 11) is -3.60. The van der Waals surface area contributed by atoms with Crippen LogP contribution >= 0.6 is 0 Å². The van der Waals surface area contributed by atoms with Gasteiger partial charge in [-0.3, -0.25) is 4.72 Å². The smallest absolute Gasteiger partial charge is 0.261 e. The third kappa shape index (κ3) is 4.82. The molecule has 0 aliphatic carbocycles. The van der Waals surface area contributed by atoms with Gasteiger partial charge >= 0.3 is 0 Å². The van der Waals surface area contributed by atoms with Crippen molar-refractivity contribution in [2.45, 2.75) is 11.4 Å². The first-order chi connectivity index (χ1) is 14.6. The van der Waals surface area contributed by atoms with Gasteiger partial charge in [0.15, 0.2) is 0 Å². The van der Waals surface area contributed by atoms with Crippen molar-refractivity contribution in [1.29, 1.82) is 0 Å². The van der Waals surface area contributed by atoms with E-state index in [2.05, 4.69) is 15.0 Å². The summed E-state index contributed by atoms with van der Waals surface area (Å²) < 4.78 is 33.5. The Hall–Kier alpha value is -3.29. The molecule has 0 unspecified atom stereocenters. The van der Waals surface area contributed by atoms with Gasteiger partial charge in [0.25, 0.3) is 10.0 Å². The van der Waals surface area contributed by atoms with Crippen molar-refractivity contribution < 1.29 is 13.2 Å². The molecule has 30 heavy (non-hydrogen) atoms. The van der Waals surface area contributed by atoms with Crippen LogP contribution in [0.2, 0.25) is 0 Å². The Kier molecular flexibility index (Phi) is 6.02. The second kappa shape index (κ2) is 9.02. The molecule has 0 atom stereocenters. The monoisotopic (exact) mass is 421 g/mol. The number of benzene rings is 3. The summed E-state index contributed by atoms with van der Waals surface area (Å²) >= 11 is 0. The first-order valence-electron chi connectivity index (χ1n) is 9.68. The van der Waals surface area contributed by atoms with E-state index < -0.39 is 10.0 Å². The fourth-order valence-electron chi connectivity index (χ4n) is 3.21. The van der Waals surface area contributed by atoms with E-state index in [1.807, 2.05) is 48.7 Å². The third-order valence-electron chi connectivity index (χ3n) is 4.65. The lowest BCUT2D eigenvalue weighted by Crippen LogP contribution is -2.20. The van der Waals surface area contributed by atoms with Gasteiger partial charge < -0.3 is 15.0 Å². The molecule has 0 aliphatic rings. The standard InChI is InChI=1S/C23H23N3O3S/c27-30(28,20-8-2-1-3-9-20)26-19-7-4-6-18(16-19)17-24-14-15-29-23-11-5-10-22-21(23)12-13-25-22/h1-13,16,24-26H,14-15,17H2. The molecule has 4 rings (SSSR count). The van der Waals surface area contributed by atoms with Gasteiger partial charge in [-0.1, -0.05) is 36.4 Å². The predicted molar refractivity (Wildman–Crippen MR) is 119 cm³/mol. The molecular formula is C23H23N3O3S. The van der Waals surface area contributed by atoms with Crippen molar-refractivity contribution in [1.82, 2.24) is 10.3 Å². The molecule has 154 valence electrons. The van der Waals surface area contributed by atoms with Crippen LogP contribution in [0.15, 0.2) is 90.0 Å². The zero-order valence-corrected chi connectivity index (χ0v) is 17.2. The zero-order valence-electron chi connectivity index (χ0n) is 16.3. The maximum absolute atomic E-state index is 12.5. The quantitative estimate of drug-likeness (QED) is 0.355. The van der Waals surface area contributed by atoms with Gasteiger partial charge in [0.05, 0.1) is 4.90 Å². The summed E-state index contributed by atoms with van der Waals surface area (Å²) in [6, 6.07) is 23.6. The molecule has 0 aliphatic heterocycles. The lowest BCUT2D eigenvalue weighted by Gasteiger charge is -2.11. The molecule has 0 fully saturated rings. The predicted octanol–water partition coefficient (Wildman–Crippen LogP) is 4.14. The van der Waals surface area contributed by atoms with Crippen molar-refractivity contribution in [2.75, 3.05) is 17.9 Å². The molecule has 0 bridgehead atoms. The third-order valence-corrected chi connectivity index (χ3v) is 6.05. The number of ether oxygens (including phenoxy) is 1. The minimum atomic E-state index is -3.60. The molecule has 0 amide bonds. The van der Waals surface area contributed by atoms with E-state index >= 15 is 0 Å². The number of aromatic amines is 1. The Labute approximate surface area is 176 Å². The summed E-state index contributed by atoms with van der Waals surface area (Å²) in [4.78, 5) is 3.41. The van der Waals surface area contributed by atoms with Crippen LogP contribution < -0.4 is 14.8 Å². The van der Waals surface area contributed by atoms with E-state index in [9.17, 15) is 8.42 Å². The molecule has 0 saturated heterocycles. The fraction of sp³-hybridized carbons (Fsp3) is 0.130. The lowest BCUT2D eigenvalue weighted by atomic mass is 10.2. The van der Waals surface area contributed by atoms with Crippen LogP contribution in [-0.4, -0.2) is 26.6 Å². The summed E-state index contributed by atoms with van der Waals surface area (Å²) in [5.74, 6) is 0.855. The van der Waals surface area contributed by atoms with Crippen molar-refractivity contribution in [3.8, 4) is 5.75 Å². The highest BCUT2D eigenvalue weighted by Crippen LogP contribution is 2.24. The van der Waals surface area contributed by atoms with E-state index in [1.54, 1.807) is 36.4 Å². The highest BCUT2D eigenvalue weighted by Gasteiger charge is 2.13. The summed E-state index contributed by atoms with van der Waals surface area (Å²) in [6.07, 6.45) is 1.90. The number of rotatable bonds is 9. The Morgan fingerprint density at radius 2 is 1.73 bits per heavy atom. The SMILES string of the molecule is O=S(=O)(Nc1cccc(CNCCOc2cccc3[nH]ccc23)c1)c1ccccc1. The van der Waals surface area contributed by atoms with E-state index in [-0.39, 0.29) is 4.90 Å². The number of fused-ring (bicyclic) bond motifs is 1. The average molecular weight is 422 g/mol. The van der Waals surface area contributed by atoms with Crippen LogP contribution in [0.25, 0.3) is 10.9 Å². The minimum absolute atomic E-state index is 0.239. The Balaban J connectivity index is 1.29. The normalized spacial score (nSPS) is 11.5. The number of anilines is 1. The number of sulfonamides is 1. The van der Waals surface area contributed by atoms with Crippen molar-refractivity contribution >= 4 is 26.6 Å². The van der Waals surface area contributed by atoms with Crippen LogP contribution in [0.1, 0.15) is 5.56 Å². The number of aromatic nitrogens is 1. The van der Waals surface area contributed by atoms with E-state index in [0.717, 1.165) is 22.2 Å². The zero-order chi connectivity index (χ0) is 20.8. The summed E-state index contributed by atoms with van der Waals surface area (Å²) in [5, 5.41) is 4.39. The van der Waals surface area contributed by atoms with Gasteiger partial charge in [0, 0.05) is 35.9 Å². The molecular weight excluding hydrogens is 398 g/mol.